The molecule has 2 aliphatic rings. The van der Waals surface area contributed by atoms with Crippen LogP contribution in [0.2, 0.25) is 0 Å². The fraction of sp³-hybridized carbons (Fsp3) is 0.368. The summed E-state index contributed by atoms with van der Waals surface area (Å²) in [6, 6.07) is 6.85. The van der Waals surface area contributed by atoms with Crippen molar-refractivity contribution in [1.82, 2.24) is 0 Å². The number of benzene rings is 1. The van der Waals surface area contributed by atoms with E-state index >= 15 is 0 Å². The first-order chi connectivity index (χ1) is 12.6. The smallest absolute Gasteiger partial charge is 0.349 e. The molecule has 26 heavy (non-hydrogen) atoms. The summed E-state index contributed by atoms with van der Waals surface area (Å²) >= 11 is 0. The van der Waals surface area contributed by atoms with Crippen LogP contribution in [0.3, 0.4) is 0 Å². The van der Waals surface area contributed by atoms with E-state index in [1.54, 1.807) is 31.2 Å². The molecule has 1 fully saturated rings. The number of anilines is 1. The lowest BCUT2D eigenvalue weighted by molar-refractivity contribution is 0.0796. The first kappa shape index (κ1) is 16.7. The topological polar surface area (TPSA) is 87.0 Å². The molecule has 1 aromatic heterocycles. The molecule has 0 saturated carbocycles. The molecule has 0 atom stereocenters. The van der Waals surface area contributed by atoms with Gasteiger partial charge in [0.15, 0.2) is 11.5 Å². The van der Waals surface area contributed by atoms with Crippen LogP contribution in [0.4, 0.5) is 5.69 Å². The molecular weight excluding hydrogens is 338 g/mol. The van der Waals surface area contributed by atoms with E-state index in [-0.39, 0.29) is 18.3 Å². The minimum atomic E-state index is -0.621. The highest BCUT2D eigenvalue weighted by atomic mass is 16.7. The van der Waals surface area contributed by atoms with Crippen molar-refractivity contribution in [3.8, 4) is 11.5 Å². The molecule has 3 heterocycles. The molecule has 1 amide bonds. The predicted molar refractivity (Wildman–Crippen MR) is 93.0 cm³/mol. The van der Waals surface area contributed by atoms with E-state index in [0.29, 0.717) is 41.7 Å². The zero-order valence-corrected chi connectivity index (χ0v) is 14.4. The molecule has 136 valence electrons. The number of aryl methyl sites for hydroxylation is 1. The Balaban J connectivity index is 1.56. The van der Waals surface area contributed by atoms with Crippen molar-refractivity contribution in [3.63, 3.8) is 0 Å². The number of amides is 1. The second-order valence-corrected chi connectivity index (χ2v) is 6.40. The number of nitrogens with one attached hydrogen (secondary N) is 1. The van der Waals surface area contributed by atoms with Crippen LogP contribution < -0.4 is 20.4 Å². The molecule has 1 aromatic carbocycles. The quantitative estimate of drug-likeness (QED) is 0.909. The number of ether oxygens (including phenoxy) is 3. The second kappa shape index (κ2) is 6.84. The maximum atomic E-state index is 12.6. The summed E-state index contributed by atoms with van der Waals surface area (Å²) in [5.74, 6) is 1.45. The lowest BCUT2D eigenvalue weighted by atomic mass is 9.95. The van der Waals surface area contributed by atoms with Gasteiger partial charge in [0.05, 0.1) is 0 Å². The number of hydrogen-bond acceptors (Lipinski definition) is 6. The first-order valence-corrected chi connectivity index (χ1v) is 8.55. The summed E-state index contributed by atoms with van der Waals surface area (Å²) in [4.78, 5) is 25.0. The zero-order chi connectivity index (χ0) is 18.1. The Morgan fingerprint density at radius 3 is 2.65 bits per heavy atom. The van der Waals surface area contributed by atoms with Gasteiger partial charge in [-0.25, -0.2) is 4.79 Å². The van der Waals surface area contributed by atoms with Crippen LogP contribution >= 0.6 is 0 Å². The number of carbonyl (C=O) groups excluding carboxylic acids is 1. The van der Waals surface area contributed by atoms with Gasteiger partial charge in [0.25, 0.3) is 5.91 Å². The maximum absolute atomic E-state index is 12.6. The molecule has 2 aliphatic heterocycles. The zero-order valence-electron chi connectivity index (χ0n) is 14.4. The van der Waals surface area contributed by atoms with Crippen molar-refractivity contribution in [2.75, 3.05) is 25.3 Å². The minimum Gasteiger partial charge on any atom is -0.454 e. The molecule has 7 nitrogen and oxygen atoms in total. The molecule has 1 saturated heterocycles. The Labute approximate surface area is 149 Å². The standard InChI is InChI=1S/C19H19NO6/c1-11-8-15(12-4-6-23-7-5-12)26-19(22)17(11)18(21)20-13-2-3-14-16(9-13)25-10-24-14/h2-3,8-9,12H,4-7,10H2,1H3,(H,20,21). The Morgan fingerprint density at radius 2 is 1.88 bits per heavy atom. The van der Waals surface area contributed by atoms with Gasteiger partial charge in [-0.1, -0.05) is 0 Å². The fourth-order valence-corrected chi connectivity index (χ4v) is 3.26. The SMILES string of the molecule is Cc1cc(C2CCOCC2)oc(=O)c1C(=O)Nc1ccc2c(c1)OCO2. The van der Waals surface area contributed by atoms with Gasteiger partial charge in [-0.05, 0) is 43.5 Å². The van der Waals surface area contributed by atoms with Crippen molar-refractivity contribution in [1.29, 1.82) is 0 Å². The van der Waals surface area contributed by atoms with E-state index in [9.17, 15) is 9.59 Å². The lowest BCUT2D eigenvalue weighted by Gasteiger charge is -2.21. The predicted octanol–water partition coefficient (Wildman–Crippen LogP) is 2.82. The average molecular weight is 357 g/mol. The van der Waals surface area contributed by atoms with E-state index < -0.39 is 11.5 Å². The van der Waals surface area contributed by atoms with Crippen molar-refractivity contribution >= 4 is 11.6 Å². The summed E-state index contributed by atoms with van der Waals surface area (Å²) in [5, 5.41) is 2.71. The van der Waals surface area contributed by atoms with Crippen LogP contribution in [-0.2, 0) is 4.74 Å². The summed E-state index contributed by atoms with van der Waals surface area (Å²) in [5.41, 5.74) is 0.510. The van der Waals surface area contributed by atoms with Gasteiger partial charge in [0, 0.05) is 30.9 Å². The number of carbonyl (C=O) groups is 1. The van der Waals surface area contributed by atoms with Crippen LogP contribution in [0.25, 0.3) is 0 Å². The molecule has 0 radical (unpaired) electrons. The molecule has 1 N–H and O–H groups in total. The number of rotatable bonds is 3. The highest BCUT2D eigenvalue weighted by Gasteiger charge is 2.23. The van der Waals surface area contributed by atoms with Gasteiger partial charge in [-0.3, -0.25) is 4.79 Å². The third kappa shape index (κ3) is 3.17. The minimum absolute atomic E-state index is 0.0125. The third-order valence-electron chi connectivity index (χ3n) is 4.65. The van der Waals surface area contributed by atoms with Gasteiger partial charge >= 0.3 is 5.63 Å². The van der Waals surface area contributed by atoms with E-state index in [0.717, 1.165) is 12.8 Å². The fourth-order valence-electron chi connectivity index (χ4n) is 3.26. The molecule has 0 aliphatic carbocycles. The Kier molecular flexibility index (Phi) is 4.38. The molecule has 7 heteroatoms. The summed E-state index contributed by atoms with van der Waals surface area (Å²) in [6.45, 7) is 3.21. The van der Waals surface area contributed by atoms with E-state index in [1.807, 2.05) is 0 Å². The summed E-state index contributed by atoms with van der Waals surface area (Å²) in [6.07, 6.45) is 1.62. The van der Waals surface area contributed by atoms with Gasteiger partial charge < -0.3 is 23.9 Å². The number of fused-ring (bicyclic) bond motifs is 1. The normalized spacial score (nSPS) is 16.5. The Morgan fingerprint density at radius 1 is 1.12 bits per heavy atom. The van der Waals surface area contributed by atoms with Gasteiger partial charge in [0.1, 0.15) is 11.3 Å². The van der Waals surface area contributed by atoms with Crippen LogP contribution in [0.1, 0.15) is 40.4 Å². The van der Waals surface area contributed by atoms with Gasteiger partial charge in [-0.15, -0.1) is 0 Å². The average Bonchev–Trinajstić information content (AvgIpc) is 3.09. The Bertz CT molecular complexity index is 897. The molecule has 0 bridgehead atoms. The summed E-state index contributed by atoms with van der Waals surface area (Å²) < 4.78 is 21.3. The third-order valence-corrected chi connectivity index (χ3v) is 4.65. The molecule has 2 aromatic rings. The van der Waals surface area contributed by atoms with Crippen LogP contribution in [0.15, 0.2) is 33.5 Å². The molecular formula is C19H19NO6. The van der Waals surface area contributed by atoms with Crippen molar-refractivity contribution < 1.29 is 23.4 Å². The maximum Gasteiger partial charge on any atom is 0.349 e. The second-order valence-electron chi connectivity index (χ2n) is 6.40. The highest BCUT2D eigenvalue weighted by Crippen LogP contribution is 2.34. The monoisotopic (exact) mass is 357 g/mol. The number of hydrogen-bond donors (Lipinski definition) is 1. The molecule has 4 rings (SSSR count). The highest BCUT2D eigenvalue weighted by molar-refractivity contribution is 6.05. The van der Waals surface area contributed by atoms with Gasteiger partial charge in [0.2, 0.25) is 6.79 Å². The lowest BCUT2D eigenvalue weighted by Crippen LogP contribution is -2.24. The van der Waals surface area contributed by atoms with Crippen LogP contribution in [0.5, 0.6) is 11.5 Å². The van der Waals surface area contributed by atoms with E-state index in [4.69, 9.17) is 18.6 Å². The van der Waals surface area contributed by atoms with Crippen molar-refractivity contribution in [2.24, 2.45) is 0 Å². The van der Waals surface area contributed by atoms with E-state index in [2.05, 4.69) is 5.32 Å². The Hall–Kier alpha value is -2.80. The van der Waals surface area contributed by atoms with Gasteiger partial charge in [-0.2, -0.15) is 0 Å². The first-order valence-electron chi connectivity index (χ1n) is 8.55. The van der Waals surface area contributed by atoms with Crippen LogP contribution in [-0.4, -0.2) is 25.9 Å². The largest absolute Gasteiger partial charge is 0.454 e. The van der Waals surface area contributed by atoms with Crippen molar-refractivity contribution in [3.05, 3.63) is 51.6 Å². The molecule has 0 unspecified atom stereocenters. The van der Waals surface area contributed by atoms with Crippen LogP contribution in [0, 0.1) is 6.92 Å². The molecule has 0 spiro atoms. The van der Waals surface area contributed by atoms with Crippen molar-refractivity contribution in [2.45, 2.75) is 25.7 Å². The van der Waals surface area contributed by atoms with E-state index in [1.165, 1.54) is 0 Å². The summed E-state index contributed by atoms with van der Waals surface area (Å²) in [7, 11) is 0.